The summed E-state index contributed by atoms with van der Waals surface area (Å²) in [6.45, 7) is 8.00. The first-order valence-corrected chi connectivity index (χ1v) is 12.7. The molecule has 1 saturated heterocycles. The Bertz CT molecular complexity index is 1110. The number of para-hydroxylation sites is 2. The van der Waals surface area contributed by atoms with Crippen molar-refractivity contribution in [3.8, 4) is 11.5 Å². The standard InChI is InChI=1S/C23H29ClN3O5P.ClH/c1-23(2,3)32-33(28,29)30-16-27(4)13-11-26(12-14-27)22-18-15-17(24)9-10-20(18)31-21-8-6-5-7-19(21)25-22;/h5-10,15H,11-14,16H2,1-4H3;1H. The number of hydrogen-bond donors (Lipinski definition) is 1. The smallest absolute Gasteiger partial charge is 0.477 e. The maximum absolute atomic E-state index is 12.3. The van der Waals surface area contributed by atoms with Crippen molar-refractivity contribution >= 4 is 30.9 Å². The van der Waals surface area contributed by atoms with Crippen LogP contribution in [0.25, 0.3) is 0 Å². The number of aliphatic imine (C=N–C) groups is 1. The summed E-state index contributed by atoms with van der Waals surface area (Å²) in [7, 11) is -2.13. The highest BCUT2D eigenvalue weighted by Gasteiger charge is 2.36. The molecule has 4 rings (SSSR count). The zero-order chi connectivity index (χ0) is 23.9. The molecule has 11 heteroatoms. The van der Waals surface area contributed by atoms with Crippen LogP contribution in [0.4, 0.5) is 5.69 Å². The fourth-order valence-corrected chi connectivity index (χ4v) is 5.15. The Labute approximate surface area is 211 Å². The van der Waals surface area contributed by atoms with Crippen LogP contribution in [-0.2, 0) is 13.6 Å². The first-order chi connectivity index (χ1) is 15.4. The van der Waals surface area contributed by atoms with Gasteiger partial charge in [-0.2, -0.15) is 0 Å². The Hall–Kier alpha value is -1.64. The Morgan fingerprint density at radius 1 is 1.18 bits per heavy atom. The van der Waals surface area contributed by atoms with Crippen LogP contribution in [-0.4, -0.2) is 65.7 Å². The molecule has 2 aromatic carbocycles. The van der Waals surface area contributed by atoms with Crippen molar-refractivity contribution in [1.82, 2.24) is 4.90 Å². The van der Waals surface area contributed by atoms with E-state index in [9.17, 15) is 9.46 Å². The molecular weight excluding hydrogens is 500 g/mol. The molecule has 1 N–H and O–H groups in total. The van der Waals surface area contributed by atoms with E-state index in [1.165, 1.54) is 0 Å². The average molecular weight is 530 g/mol. The van der Waals surface area contributed by atoms with Gasteiger partial charge in [0.1, 0.15) is 17.3 Å². The zero-order valence-corrected chi connectivity index (χ0v) is 22.1. The molecule has 2 aliphatic rings. The Kier molecular flexibility index (Phi) is 8.05. The summed E-state index contributed by atoms with van der Waals surface area (Å²) in [6.07, 6.45) is 0. The van der Waals surface area contributed by atoms with Gasteiger partial charge >= 0.3 is 7.82 Å². The van der Waals surface area contributed by atoms with Crippen LogP contribution in [0.15, 0.2) is 47.5 Å². The number of benzene rings is 2. The number of hydrogen-bond acceptors (Lipinski definition) is 6. The summed E-state index contributed by atoms with van der Waals surface area (Å²) in [4.78, 5) is 17.2. The second kappa shape index (κ2) is 10.2. The van der Waals surface area contributed by atoms with E-state index in [1.807, 2.05) is 43.4 Å². The fourth-order valence-electron chi connectivity index (χ4n) is 3.81. The normalized spacial score (nSPS) is 18.9. The Morgan fingerprint density at radius 2 is 1.85 bits per heavy atom. The van der Waals surface area contributed by atoms with Crippen LogP contribution in [0.3, 0.4) is 0 Å². The third-order valence-electron chi connectivity index (χ3n) is 5.53. The molecule has 0 saturated carbocycles. The number of piperazine rings is 1. The van der Waals surface area contributed by atoms with Crippen LogP contribution in [0.2, 0.25) is 5.02 Å². The number of rotatable bonds is 4. The molecule has 0 aliphatic carbocycles. The molecular formula is C23H30Cl2N3O5P. The van der Waals surface area contributed by atoms with Gasteiger partial charge in [-0.15, -0.1) is 0 Å². The van der Waals surface area contributed by atoms with Crippen LogP contribution in [0.1, 0.15) is 26.3 Å². The fraction of sp³-hybridized carbons (Fsp3) is 0.435. The maximum Gasteiger partial charge on any atom is 0.477 e. The van der Waals surface area contributed by atoms with Gasteiger partial charge in [-0.1, -0.05) is 23.7 Å². The van der Waals surface area contributed by atoms with E-state index in [0.29, 0.717) is 47.2 Å². The van der Waals surface area contributed by atoms with Crippen molar-refractivity contribution in [2.24, 2.45) is 4.99 Å². The monoisotopic (exact) mass is 529 g/mol. The molecule has 1 unspecified atom stereocenters. The Balaban J connectivity index is 0.00000324. The zero-order valence-electron chi connectivity index (χ0n) is 19.7. The number of amidine groups is 1. The van der Waals surface area contributed by atoms with Crippen molar-refractivity contribution in [3.05, 3.63) is 53.1 Å². The molecule has 34 heavy (non-hydrogen) atoms. The molecule has 0 aromatic heterocycles. The number of fused-ring (bicyclic) bond motifs is 2. The van der Waals surface area contributed by atoms with Gasteiger partial charge in [0.15, 0.2) is 12.5 Å². The molecule has 0 amide bonds. The number of likely N-dealkylation sites (N-methyl/N-ethyl adjacent to an activating group) is 1. The first-order valence-electron chi connectivity index (χ1n) is 10.9. The third kappa shape index (κ3) is 6.52. The Morgan fingerprint density at radius 3 is 2.53 bits per heavy atom. The van der Waals surface area contributed by atoms with Gasteiger partial charge in [0.2, 0.25) is 0 Å². The predicted molar refractivity (Wildman–Crippen MR) is 128 cm³/mol. The minimum atomic E-state index is -4.14. The maximum atomic E-state index is 12.3. The average Bonchev–Trinajstić information content (AvgIpc) is 2.88. The van der Waals surface area contributed by atoms with Gasteiger partial charge in [0.25, 0.3) is 0 Å². The highest BCUT2D eigenvalue weighted by atomic mass is 35.5. The molecule has 2 heterocycles. The summed E-state index contributed by atoms with van der Waals surface area (Å²) < 4.78 is 29.5. The van der Waals surface area contributed by atoms with Crippen molar-refractivity contribution in [1.29, 1.82) is 0 Å². The van der Waals surface area contributed by atoms with Crippen molar-refractivity contribution in [3.63, 3.8) is 0 Å². The summed E-state index contributed by atoms with van der Waals surface area (Å²) in [6, 6.07) is 13.2. The summed E-state index contributed by atoms with van der Waals surface area (Å²) in [5.41, 5.74) is 0.822. The largest absolute Gasteiger partial charge is 1.00 e. The minimum Gasteiger partial charge on any atom is -1.00 e. The van der Waals surface area contributed by atoms with Gasteiger partial charge in [0.05, 0.1) is 44.4 Å². The molecule has 0 bridgehead atoms. The molecule has 2 aromatic rings. The van der Waals surface area contributed by atoms with Crippen LogP contribution in [0.5, 0.6) is 11.5 Å². The van der Waals surface area contributed by atoms with E-state index in [0.717, 1.165) is 17.1 Å². The SMILES string of the molecule is CC(C)(C)OP(=O)(O)OC[N+]1(C)CCN(C2=Nc3ccccc3Oc3ccc(Cl)cc32)CC1.[Cl-]. The van der Waals surface area contributed by atoms with E-state index in [4.69, 9.17) is 30.4 Å². The topological polar surface area (TPSA) is 80.6 Å². The lowest BCUT2D eigenvalue weighted by atomic mass is 10.1. The van der Waals surface area contributed by atoms with Gasteiger partial charge in [0, 0.05) is 5.02 Å². The number of nitrogens with zero attached hydrogens (tertiary/aromatic N) is 3. The van der Waals surface area contributed by atoms with Gasteiger partial charge in [-0.25, -0.2) is 14.1 Å². The van der Waals surface area contributed by atoms with Gasteiger partial charge in [-0.05, 0) is 51.1 Å². The quantitative estimate of drug-likeness (QED) is 0.483. The minimum absolute atomic E-state index is 0. The van der Waals surface area contributed by atoms with E-state index in [2.05, 4.69) is 4.90 Å². The predicted octanol–water partition coefficient (Wildman–Crippen LogP) is 2.18. The number of ether oxygens (including phenoxy) is 1. The molecule has 2 aliphatic heterocycles. The van der Waals surface area contributed by atoms with Crippen molar-refractivity contribution in [2.45, 2.75) is 26.4 Å². The van der Waals surface area contributed by atoms with Crippen LogP contribution >= 0.6 is 19.4 Å². The number of phosphoric acid groups is 1. The molecule has 1 fully saturated rings. The second-order valence-electron chi connectivity index (χ2n) is 9.63. The van der Waals surface area contributed by atoms with Crippen LogP contribution < -0.4 is 17.1 Å². The molecule has 0 radical (unpaired) electrons. The summed E-state index contributed by atoms with van der Waals surface area (Å²) >= 11 is 6.31. The van der Waals surface area contributed by atoms with Gasteiger partial charge in [-0.3, -0.25) is 4.52 Å². The molecule has 1 atom stereocenters. The lowest BCUT2D eigenvalue weighted by molar-refractivity contribution is -0.928. The summed E-state index contributed by atoms with van der Waals surface area (Å²) in [5, 5.41) is 0.611. The molecule has 186 valence electrons. The first kappa shape index (κ1) is 27.0. The van der Waals surface area contributed by atoms with E-state index in [1.54, 1.807) is 26.8 Å². The lowest BCUT2D eigenvalue weighted by Gasteiger charge is -2.42. The van der Waals surface area contributed by atoms with Gasteiger partial charge < -0.3 is 31.4 Å². The van der Waals surface area contributed by atoms with Crippen molar-refractivity contribution < 1.29 is 40.1 Å². The van der Waals surface area contributed by atoms with Crippen molar-refractivity contribution in [2.75, 3.05) is 40.0 Å². The third-order valence-corrected chi connectivity index (χ3v) is 6.99. The van der Waals surface area contributed by atoms with Crippen LogP contribution in [0, 0.1) is 0 Å². The number of quaternary nitrogens is 1. The molecule has 0 spiro atoms. The second-order valence-corrected chi connectivity index (χ2v) is 11.4. The summed E-state index contributed by atoms with van der Waals surface area (Å²) in [5.74, 6) is 2.20. The molecule has 8 nitrogen and oxygen atoms in total. The number of phosphoric ester groups is 1. The van der Waals surface area contributed by atoms with E-state index >= 15 is 0 Å². The van der Waals surface area contributed by atoms with E-state index < -0.39 is 13.4 Å². The number of halogens is 2. The highest BCUT2D eigenvalue weighted by molar-refractivity contribution is 7.47. The highest BCUT2D eigenvalue weighted by Crippen LogP contribution is 2.47. The van der Waals surface area contributed by atoms with E-state index in [-0.39, 0.29) is 19.1 Å². The lowest BCUT2D eigenvalue weighted by Crippen LogP contribution is -3.00.